The lowest BCUT2D eigenvalue weighted by Gasteiger charge is -2.32. The monoisotopic (exact) mass is 327 g/mol. The Balaban J connectivity index is 1.64. The van der Waals surface area contributed by atoms with E-state index in [-0.39, 0.29) is 29.0 Å². The van der Waals surface area contributed by atoms with Crippen LogP contribution in [-0.2, 0) is 4.79 Å². The van der Waals surface area contributed by atoms with E-state index in [1.54, 1.807) is 4.90 Å². The summed E-state index contributed by atoms with van der Waals surface area (Å²) < 4.78 is 0. The van der Waals surface area contributed by atoms with Gasteiger partial charge in [0.25, 0.3) is 5.91 Å². The number of nitrogens with zero attached hydrogens (tertiary/aromatic N) is 2. The van der Waals surface area contributed by atoms with Crippen LogP contribution in [0.1, 0.15) is 41.6 Å². The number of nitrogens with one attached hydrogen (secondary N) is 1. The largest absolute Gasteiger partial charge is 0.507 e. The number of hydrogen-bond donors (Lipinski definition) is 2. The third-order valence-electron chi connectivity index (χ3n) is 4.70. The molecule has 126 valence electrons. The number of piperidine rings is 1. The Labute approximate surface area is 141 Å². The zero-order valence-electron chi connectivity index (χ0n) is 13.5. The highest BCUT2D eigenvalue weighted by molar-refractivity contribution is 5.97. The molecule has 1 atom stereocenters. The molecule has 1 saturated heterocycles. The molecule has 1 aliphatic carbocycles. The van der Waals surface area contributed by atoms with Crippen LogP contribution in [0.4, 0.5) is 0 Å². The third kappa shape index (κ3) is 3.67. The van der Waals surface area contributed by atoms with Gasteiger partial charge in [-0.25, -0.2) is 0 Å². The molecule has 0 spiro atoms. The lowest BCUT2D eigenvalue weighted by Crippen LogP contribution is -2.45. The Hall–Kier alpha value is -2.55. The van der Waals surface area contributed by atoms with Crippen molar-refractivity contribution >= 4 is 11.8 Å². The highest BCUT2D eigenvalue weighted by Gasteiger charge is 2.31. The predicted molar refractivity (Wildman–Crippen MR) is 87.2 cm³/mol. The fourth-order valence-electron chi connectivity index (χ4n) is 3.04. The molecule has 24 heavy (non-hydrogen) atoms. The van der Waals surface area contributed by atoms with Crippen molar-refractivity contribution in [2.24, 2.45) is 11.8 Å². The van der Waals surface area contributed by atoms with E-state index >= 15 is 0 Å². The fraction of sp³-hybridized carbons (Fsp3) is 0.500. The van der Waals surface area contributed by atoms with Crippen LogP contribution in [0.15, 0.2) is 18.2 Å². The Morgan fingerprint density at radius 2 is 2.12 bits per heavy atom. The molecule has 0 radical (unpaired) electrons. The summed E-state index contributed by atoms with van der Waals surface area (Å²) in [4.78, 5) is 26.5. The zero-order chi connectivity index (χ0) is 17.1. The van der Waals surface area contributed by atoms with Gasteiger partial charge in [0, 0.05) is 19.6 Å². The van der Waals surface area contributed by atoms with Gasteiger partial charge in [-0.3, -0.25) is 9.59 Å². The first-order valence-electron chi connectivity index (χ1n) is 8.38. The molecular formula is C18H21N3O3. The number of benzene rings is 1. The van der Waals surface area contributed by atoms with Gasteiger partial charge in [-0.1, -0.05) is 0 Å². The Morgan fingerprint density at radius 1 is 1.33 bits per heavy atom. The van der Waals surface area contributed by atoms with E-state index in [0.717, 1.165) is 19.4 Å². The molecule has 0 aromatic heterocycles. The highest BCUT2D eigenvalue weighted by Crippen LogP contribution is 2.28. The van der Waals surface area contributed by atoms with E-state index in [1.165, 1.54) is 31.0 Å². The van der Waals surface area contributed by atoms with E-state index in [4.69, 9.17) is 5.26 Å². The van der Waals surface area contributed by atoms with E-state index in [2.05, 4.69) is 5.32 Å². The van der Waals surface area contributed by atoms with E-state index in [1.807, 2.05) is 6.07 Å². The smallest absolute Gasteiger partial charge is 0.257 e. The van der Waals surface area contributed by atoms with Crippen LogP contribution < -0.4 is 5.32 Å². The molecule has 1 saturated carbocycles. The lowest BCUT2D eigenvalue weighted by atomic mass is 9.96. The average molecular weight is 327 g/mol. The van der Waals surface area contributed by atoms with Crippen LogP contribution in [0.3, 0.4) is 0 Å². The summed E-state index contributed by atoms with van der Waals surface area (Å²) in [5.41, 5.74) is 0.480. The molecule has 2 aliphatic rings. The minimum absolute atomic E-state index is 0.0171. The molecule has 2 N–H and O–H groups in total. The van der Waals surface area contributed by atoms with Crippen molar-refractivity contribution in [2.75, 3.05) is 19.6 Å². The van der Waals surface area contributed by atoms with Crippen molar-refractivity contribution in [1.29, 1.82) is 5.26 Å². The van der Waals surface area contributed by atoms with Crippen molar-refractivity contribution in [3.8, 4) is 11.8 Å². The minimum atomic E-state index is -0.295. The maximum atomic E-state index is 12.6. The van der Waals surface area contributed by atoms with Gasteiger partial charge in [-0.2, -0.15) is 5.26 Å². The van der Waals surface area contributed by atoms with E-state index < -0.39 is 0 Å². The molecule has 1 aliphatic heterocycles. The number of likely N-dealkylation sites (tertiary alicyclic amines) is 1. The van der Waals surface area contributed by atoms with Gasteiger partial charge < -0.3 is 15.3 Å². The van der Waals surface area contributed by atoms with Crippen LogP contribution in [0.5, 0.6) is 5.75 Å². The normalized spacial score (nSPS) is 20.3. The second kappa shape index (κ2) is 6.91. The Kier molecular flexibility index (Phi) is 4.70. The fourth-order valence-corrected chi connectivity index (χ4v) is 3.04. The second-order valence-electron chi connectivity index (χ2n) is 6.62. The summed E-state index contributed by atoms with van der Waals surface area (Å²) in [6.07, 6.45) is 3.92. The quantitative estimate of drug-likeness (QED) is 0.879. The number of carbonyl (C=O) groups is 2. The zero-order valence-corrected chi connectivity index (χ0v) is 13.5. The van der Waals surface area contributed by atoms with Gasteiger partial charge >= 0.3 is 0 Å². The molecule has 2 fully saturated rings. The first-order chi connectivity index (χ1) is 11.6. The number of amides is 2. The molecule has 2 amide bonds. The van der Waals surface area contributed by atoms with Crippen LogP contribution in [0.2, 0.25) is 0 Å². The van der Waals surface area contributed by atoms with E-state index in [0.29, 0.717) is 24.6 Å². The Bertz CT molecular complexity index is 691. The van der Waals surface area contributed by atoms with Gasteiger partial charge in [0.15, 0.2) is 0 Å². The van der Waals surface area contributed by atoms with Crippen LogP contribution in [0, 0.1) is 23.2 Å². The minimum Gasteiger partial charge on any atom is -0.507 e. The first-order valence-corrected chi connectivity index (χ1v) is 8.38. The predicted octanol–water partition coefficient (Wildman–Crippen LogP) is 1.64. The molecule has 6 nitrogen and oxygen atoms in total. The van der Waals surface area contributed by atoms with Gasteiger partial charge in [-0.15, -0.1) is 0 Å². The van der Waals surface area contributed by atoms with Crippen LogP contribution in [0.25, 0.3) is 0 Å². The van der Waals surface area contributed by atoms with Gasteiger partial charge in [-0.05, 0) is 49.8 Å². The Morgan fingerprint density at radius 3 is 2.79 bits per heavy atom. The summed E-state index contributed by atoms with van der Waals surface area (Å²) in [7, 11) is 0. The topological polar surface area (TPSA) is 93.4 Å². The number of phenolic OH excluding ortho intramolecular Hbond substituents is 1. The van der Waals surface area contributed by atoms with Crippen molar-refractivity contribution in [3.05, 3.63) is 29.3 Å². The molecule has 1 unspecified atom stereocenters. The molecule has 1 aromatic carbocycles. The molecule has 1 heterocycles. The number of nitriles is 1. The summed E-state index contributed by atoms with van der Waals surface area (Å²) in [6, 6.07) is 6.19. The van der Waals surface area contributed by atoms with Crippen LogP contribution in [-0.4, -0.2) is 41.5 Å². The standard InChI is InChI=1S/C18H21N3O3/c19-9-13-5-6-15(16(22)8-13)18(24)21-7-1-2-14(11-21)17(23)20-10-12-3-4-12/h5-6,8,12,14,22H,1-4,7,10-11H2,(H,20,23). The molecule has 0 bridgehead atoms. The average Bonchev–Trinajstić information content (AvgIpc) is 3.43. The molecule has 3 rings (SSSR count). The molecular weight excluding hydrogens is 306 g/mol. The van der Waals surface area contributed by atoms with Crippen molar-refractivity contribution < 1.29 is 14.7 Å². The third-order valence-corrected chi connectivity index (χ3v) is 4.70. The van der Waals surface area contributed by atoms with E-state index in [9.17, 15) is 14.7 Å². The summed E-state index contributed by atoms with van der Waals surface area (Å²) in [6.45, 7) is 1.68. The summed E-state index contributed by atoms with van der Waals surface area (Å²) in [5.74, 6) is -0.0349. The molecule has 6 heteroatoms. The number of hydrogen-bond acceptors (Lipinski definition) is 4. The van der Waals surface area contributed by atoms with Crippen molar-refractivity contribution in [3.63, 3.8) is 0 Å². The van der Waals surface area contributed by atoms with Gasteiger partial charge in [0.05, 0.1) is 23.1 Å². The number of carbonyl (C=O) groups excluding carboxylic acids is 2. The SMILES string of the molecule is N#Cc1ccc(C(=O)N2CCCC(C(=O)NCC3CC3)C2)c(O)c1. The van der Waals surface area contributed by atoms with Gasteiger partial charge in [0.2, 0.25) is 5.91 Å². The first kappa shape index (κ1) is 16.3. The maximum Gasteiger partial charge on any atom is 0.257 e. The van der Waals surface area contributed by atoms with Crippen molar-refractivity contribution in [1.82, 2.24) is 10.2 Å². The second-order valence-corrected chi connectivity index (χ2v) is 6.62. The molecule has 1 aromatic rings. The summed E-state index contributed by atoms with van der Waals surface area (Å²) >= 11 is 0. The van der Waals surface area contributed by atoms with Crippen molar-refractivity contribution in [2.45, 2.75) is 25.7 Å². The number of phenols is 1. The van der Waals surface area contributed by atoms with Gasteiger partial charge in [0.1, 0.15) is 5.75 Å². The lowest BCUT2D eigenvalue weighted by molar-refractivity contribution is -0.126. The highest BCUT2D eigenvalue weighted by atomic mass is 16.3. The summed E-state index contributed by atoms with van der Waals surface area (Å²) in [5, 5.41) is 21.8. The number of aromatic hydroxyl groups is 1. The maximum absolute atomic E-state index is 12.6. The van der Waals surface area contributed by atoms with Crippen LogP contribution >= 0.6 is 0 Å². The number of rotatable bonds is 4.